The third-order valence-corrected chi connectivity index (χ3v) is 8.62. The van der Waals surface area contributed by atoms with E-state index in [2.05, 4.69) is 10.3 Å². The van der Waals surface area contributed by atoms with Crippen LogP contribution in [0.2, 0.25) is 5.02 Å². The van der Waals surface area contributed by atoms with Gasteiger partial charge in [0, 0.05) is 35.0 Å². The number of nitrogens with zero attached hydrogens (tertiary/aromatic N) is 2. The number of nitrogen functional groups attached to an aromatic ring is 1. The van der Waals surface area contributed by atoms with Crippen molar-refractivity contribution in [1.82, 2.24) is 10.3 Å². The maximum Gasteiger partial charge on any atom is 0.331 e. The Balaban J connectivity index is 1.58. The van der Waals surface area contributed by atoms with Crippen LogP contribution in [0.15, 0.2) is 41.4 Å². The number of aliphatic imine (C=N–C) groups is 1. The first kappa shape index (κ1) is 31.8. The Morgan fingerprint density at radius 2 is 2.02 bits per heavy atom. The highest BCUT2D eigenvalue weighted by molar-refractivity contribution is 6.31. The molecule has 14 heteroatoms. The Labute approximate surface area is 260 Å². The fourth-order valence-corrected chi connectivity index (χ4v) is 5.61. The monoisotopic (exact) mass is 643 g/mol. The molecule has 236 valence electrons. The number of hydrogen-bond acceptors (Lipinski definition) is 8. The fourth-order valence-electron chi connectivity index (χ4n) is 5.43. The lowest BCUT2D eigenvalue weighted by Crippen LogP contribution is -2.45. The van der Waals surface area contributed by atoms with Gasteiger partial charge in [0.15, 0.2) is 0 Å². The minimum Gasteiger partial charge on any atom is -0.495 e. The van der Waals surface area contributed by atoms with Crippen molar-refractivity contribution in [2.45, 2.75) is 37.1 Å². The van der Waals surface area contributed by atoms with Gasteiger partial charge in [0.1, 0.15) is 41.3 Å². The smallest absolute Gasteiger partial charge is 0.331 e. The van der Waals surface area contributed by atoms with Crippen LogP contribution >= 0.6 is 11.6 Å². The average Bonchev–Trinajstić information content (AvgIpc) is 3.81. The van der Waals surface area contributed by atoms with E-state index in [-0.39, 0.29) is 63.8 Å². The van der Waals surface area contributed by atoms with Crippen molar-refractivity contribution >= 4 is 41.6 Å². The number of benzene rings is 2. The maximum absolute atomic E-state index is 14.1. The lowest BCUT2D eigenvalue weighted by Gasteiger charge is -2.30. The summed E-state index contributed by atoms with van der Waals surface area (Å²) in [5.41, 5.74) is 10.4. The summed E-state index contributed by atoms with van der Waals surface area (Å²) < 4.78 is 50.6. The van der Waals surface area contributed by atoms with Crippen LogP contribution in [0.4, 0.5) is 18.9 Å². The number of nitrogens with one attached hydrogen (secondary N) is 1. The molecule has 2 amide bonds. The van der Waals surface area contributed by atoms with Crippen molar-refractivity contribution < 1.29 is 37.0 Å². The van der Waals surface area contributed by atoms with Crippen LogP contribution in [0.1, 0.15) is 46.9 Å². The van der Waals surface area contributed by atoms with E-state index in [1.54, 1.807) is 13.0 Å². The van der Waals surface area contributed by atoms with E-state index in [1.807, 2.05) is 0 Å². The summed E-state index contributed by atoms with van der Waals surface area (Å²) in [7, 11) is 1.31. The van der Waals surface area contributed by atoms with Crippen molar-refractivity contribution in [2.75, 3.05) is 26.0 Å². The van der Waals surface area contributed by atoms with Gasteiger partial charge < -0.3 is 31.1 Å². The number of alkyl halides is 2. The number of anilines is 1. The molecule has 0 spiro atoms. The lowest BCUT2D eigenvalue weighted by molar-refractivity contribution is -0.123. The first-order valence-corrected chi connectivity index (χ1v) is 14.2. The summed E-state index contributed by atoms with van der Waals surface area (Å²) in [5, 5.41) is 2.60. The Kier molecular flexibility index (Phi) is 8.49. The van der Waals surface area contributed by atoms with E-state index in [1.165, 1.54) is 31.4 Å². The van der Waals surface area contributed by atoms with Gasteiger partial charge in [-0.25, -0.2) is 14.4 Å². The molecule has 0 bridgehead atoms. The van der Waals surface area contributed by atoms with Gasteiger partial charge in [-0.05, 0) is 62.1 Å². The molecule has 2 heterocycles. The highest BCUT2D eigenvalue weighted by Gasteiger charge is 2.51. The van der Waals surface area contributed by atoms with Gasteiger partial charge in [0.05, 0.1) is 28.9 Å². The second-order valence-corrected chi connectivity index (χ2v) is 11.6. The van der Waals surface area contributed by atoms with Crippen LogP contribution in [0.3, 0.4) is 0 Å². The predicted octanol–water partition coefficient (Wildman–Crippen LogP) is 4.19. The molecule has 0 saturated heterocycles. The number of ether oxygens (including phenoxy) is 2. The molecule has 5 N–H and O–H groups in total. The molecule has 5 rings (SSSR count). The number of methoxy groups -OCH3 is 1. The molecule has 0 radical (unpaired) electrons. The number of aromatic nitrogens is 1. The van der Waals surface area contributed by atoms with Crippen LogP contribution < -0.4 is 26.3 Å². The second kappa shape index (κ2) is 12.0. The number of hydrogen-bond donors (Lipinski definition) is 3. The molecule has 3 aromatic rings. The van der Waals surface area contributed by atoms with Gasteiger partial charge in [0.25, 0.3) is 5.91 Å². The quantitative estimate of drug-likeness (QED) is 0.122. The molecular weight excluding hydrogens is 615 g/mol. The minimum atomic E-state index is -2.99. The summed E-state index contributed by atoms with van der Waals surface area (Å²) in [5.74, 6) is -1.88. The summed E-state index contributed by atoms with van der Waals surface area (Å²) in [6.07, 6.45) is 2.86. The van der Waals surface area contributed by atoms with E-state index in [0.29, 0.717) is 30.3 Å². The summed E-state index contributed by atoms with van der Waals surface area (Å²) in [4.78, 5) is 46.9. The molecule has 0 unspecified atom stereocenters. The Hall–Kier alpha value is -4.65. The molecular formula is C31H29ClF3N5O5. The van der Waals surface area contributed by atoms with Crippen molar-refractivity contribution in [3.05, 3.63) is 69.6 Å². The molecule has 1 saturated carbocycles. The SMILES string of the molecule is COc1cc(C(=O)NC[C@](C=O)(c2cc3c(c(-c4ccc(F)c(Cl)c4)n2)OC[C@]3(C)C(N)=O)C2CC2)cc(/C=N/C(F)F)c1N. The van der Waals surface area contributed by atoms with E-state index in [9.17, 15) is 27.6 Å². The number of nitrogens with two attached hydrogens (primary N) is 2. The van der Waals surface area contributed by atoms with E-state index in [0.717, 1.165) is 12.3 Å². The Bertz CT molecular complexity index is 1730. The first-order chi connectivity index (χ1) is 21.3. The number of halogens is 4. The van der Waals surface area contributed by atoms with Crippen LogP contribution in [-0.2, 0) is 20.4 Å². The van der Waals surface area contributed by atoms with E-state index in [4.69, 9.17) is 37.5 Å². The van der Waals surface area contributed by atoms with Crippen LogP contribution in [0.25, 0.3) is 11.3 Å². The topological polar surface area (TPSA) is 159 Å². The van der Waals surface area contributed by atoms with Crippen molar-refractivity contribution in [3.63, 3.8) is 0 Å². The lowest BCUT2D eigenvalue weighted by atomic mass is 9.76. The van der Waals surface area contributed by atoms with Crippen molar-refractivity contribution in [2.24, 2.45) is 16.6 Å². The maximum atomic E-state index is 14.1. The zero-order valence-corrected chi connectivity index (χ0v) is 25.0. The van der Waals surface area contributed by atoms with Crippen LogP contribution in [0.5, 0.6) is 11.5 Å². The fraction of sp³-hybridized carbons (Fsp3) is 0.323. The summed E-state index contributed by atoms with van der Waals surface area (Å²) in [6.45, 7) is -1.68. The number of carbonyl (C=O) groups excluding carboxylic acids is 3. The van der Waals surface area contributed by atoms with Gasteiger partial charge in [-0.3, -0.25) is 9.59 Å². The number of fused-ring (bicyclic) bond motifs is 1. The highest BCUT2D eigenvalue weighted by Crippen LogP contribution is 2.50. The van der Waals surface area contributed by atoms with Crippen molar-refractivity contribution in [3.8, 4) is 22.8 Å². The molecule has 1 aliphatic heterocycles. The highest BCUT2D eigenvalue weighted by atomic mass is 35.5. The first-order valence-electron chi connectivity index (χ1n) is 13.8. The number of aldehydes is 1. The molecule has 1 aliphatic carbocycles. The van der Waals surface area contributed by atoms with Crippen LogP contribution in [0, 0.1) is 11.7 Å². The molecule has 1 aromatic heterocycles. The number of pyridine rings is 1. The van der Waals surface area contributed by atoms with Crippen molar-refractivity contribution in [1.29, 1.82) is 0 Å². The zero-order valence-electron chi connectivity index (χ0n) is 24.2. The molecule has 2 aromatic carbocycles. The zero-order chi connectivity index (χ0) is 32.7. The number of amides is 2. The van der Waals surface area contributed by atoms with Gasteiger partial charge in [-0.2, -0.15) is 8.78 Å². The predicted molar refractivity (Wildman–Crippen MR) is 160 cm³/mol. The molecule has 1 fully saturated rings. The van der Waals surface area contributed by atoms with E-state index >= 15 is 0 Å². The Morgan fingerprint density at radius 3 is 2.62 bits per heavy atom. The van der Waals surface area contributed by atoms with Gasteiger partial charge >= 0.3 is 6.55 Å². The molecule has 45 heavy (non-hydrogen) atoms. The minimum absolute atomic E-state index is 0.00848. The average molecular weight is 644 g/mol. The van der Waals surface area contributed by atoms with Gasteiger partial charge in [-0.1, -0.05) is 11.6 Å². The second-order valence-electron chi connectivity index (χ2n) is 11.2. The standard InChI is InChI=1S/C31H29ClF3N5O5/c1-30(28(37)43)14-45-26-19(30)10-23(40-25(26)15-3-6-21(33)20(32)8-15)31(13-41,18-4-5-18)12-39-27(42)16-7-17(11-38-29(34)35)24(36)22(9-16)44-2/h3,6-11,13,18,29H,4-5,12,14,36H2,1-2H3,(H2,37,43)(H,39,42)/b38-11+/t30-,31+/m0/s1. The van der Waals surface area contributed by atoms with Gasteiger partial charge in [-0.15, -0.1) is 0 Å². The molecule has 2 atom stereocenters. The van der Waals surface area contributed by atoms with Gasteiger partial charge in [0.2, 0.25) is 5.91 Å². The Morgan fingerprint density at radius 1 is 1.29 bits per heavy atom. The number of primary amides is 1. The largest absolute Gasteiger partial charge is 0.495 e. The number of rotatable bonds is 11. The molecule has 2 aliphatic rings. The normalized spacial score (nSPS) is 18.7. The summed E-state index contributed by atoms with van der Waals surface area (Å²) in [6, 6.07) is 8.17. The third kappa shape index (κ3) is 5.79. The number of carbonyl (C=O) groups is 3. The van der Waals surface area contributed by atoms with E-state index < -0.39 is 35.0 Å². The molecule has 10 nitrogen and oxygen atoms in total. The van der Waals surface area contributed by atoms with Crippen LogP contribution in [-0.4, -0.2) is 56.1 Å². The third-order valence-electron chi connectivity index (χ3n) is 8.33. The summed E-state index contributed by atoms with van der Waals surface area (Å²) >= 11 is 6.08.